The zero-order valence-electron chi connectivity index (χ0n) is 7.46. The lowest BCUT2D eigenvalue weighted by atomic mass is 10.3. The van der Waals surface area contributed by atoms with Gasteiger partial charge in [0.25, 0.3) is 0 Å². The van der Waals surface area contributed by atoms with E-state index in [0.29, 0.717) is 5.25 Å². The molecule has 1 radical (unpaired) electrons. The smallest absolute Gasteiger partial charge is 0.384 e. The Morgan fingerprint density at radius 3 is 2.27 bits per heavy atom. The van der Waals surface area contributed by atoms with Crippen molar-refractivity contribution >= 4 is 21.9 Å². The highest BCUT2D eigenvalue weighted by molar-refractivity contribution is 7.80. The average Bonchev–Trinajstić information content (AvgIpc) is 1.98. The first kappa shape index (κ1) is 11.5. The van der Waals surface area contributed by atoms with Gasteiger partial charge in [-0.2, -0.15) is 12.6 Å². The van der Waals surface area contributed by atoms with Crippen molar-refractivity contribution in [1.29, 1.82) is 0 Å². The summed E-state index contributed by atoms with van der Waals surface area (Å²) in [6, 6.07) is 1.06. The van der Waals surface area contributed by atoms with Gasteiger partial charge >= 0.3 is 9.28 Å². The van der Waals surface area contributed by atoms with Crippen LogP contribution >= 0.6 is 12.6 Å². The Kier molecular flexibility index (Phi) is 7.47. The molecule has 0 aliphatic rings. The monoisotopic (exact) mass is 193 g/mol. The Balaban J connectivity index is 3.21. The molecule has 11 heavy (non-hydrogen) atoms. The predicted molar refractivity (Wildman–Crippen MR) is 52.3 cm³/mol. The molecule has 0 bridgehead atoms. The van der Waals surface area contributed by atoms with Crippen LogP contribution in [0.1, 0.15) is 19.8 Å². The Morgan fingerprint density at radius 2 is 1.91 bits per heavy atom. The van der Waals surface area contributed by atoms with Gasteiger partial charge in [-0.15, -0.1) is 0 Å². The van der Waals surface area contributed by atoms with Crippen LogP contribution in [-0.2, 0) is 8.85 Å². The van der Waals surface area contributed by atoms with Gasteiger partial charge in [0.05, 0.1) is 0 Å². The molecule has 2 nitrogen and oxygen atoms in total. The molecule has 0 N–H and O–H groups in total. The number of hydrogen-bond donors (Lipinski definition) is 1. The van der Waals surface area contributed by atoms with Crippen molar-refractivity contribution in [1.82, 2.24) is 0 Å². The van der Waals surface area contributed by atoms with Crippen molar-refractivity contribution in [2.45, 2.75) is 31.1 Å². The van der Waals surface area contributed by atoms with E-state index in [2.05, 4.69) is 19.6 Å². The topological polar surface area (TPSA) is 18.5 Å². The molecule has 0 rings (SSSR count). The molecule has 0 amide bonds. The minimum atomic E-state index is -0.953. The first-order valence-corrected chi connectivity index (χ1v) is 5.86. The van der Waals surface area contributed by atoms with Gasteiger partial charge in [0.15, 0.2) is 0 Å². The third-order valence-corrected chi connectivity index (χ3v) is 3.39. The van der Waals surface area contributed by atoms with Crippen LogP contribution in [-0.4, -0.2) is 28.8 Å². The molecular formula is C7H17O2SSi. The molecule has 0 aliphatic carbocycles. The van der Waals surface area contributed by atoms with Crippen molar-refractivity contribution in [2.75, 3.05) is 14.2 Å². The van der Waals surface area contributed by atoms with Crippen LogP contribution in [0.2, 0.25) is 6.04 Å². The van der Waals surface area contributed by atoms with Crippen molar-refractivity contribution in [3.05, 3.63) is 0 Å². The Bertz CT molecular complexity index is 86.5. The van der Waals surface area contributed by atoms with Crippen LogP contribution in [0.3, 0.4) is 0 Å². The zero-order chi connectivity index (χ0) is 8.69. The van der Waals surface area contributed by atoms with Crippen LogP contribution in [0, 0.1) is 0 Å². The molecule has 1 atom stereocenters. The summed E-state index contributed by atoms with van der Waals surface area (Å²) in [6.07, 6.45) is 2.30. The second kappa shape index (κ2) is 7.15. The second-order valence-electron chi connectivity index (χ2n) is 2.52. The van der Waals surface area contributed by atoms with E-state index >= 15 is 0 Å². The summed E-state index contributed by atoms with van der Waals surface area (Å²) in [6.45, 7) is 2.11. The van der Waals surface area contributed by atoms with Gasteiger partial charge in [-0.1, -0.05) is 13.3 Å². The maximum atomic E-state index is 5.14. The molecule has 0 aromatic carbocycles. The van der Waals surface area contributed by atoms with Crippen molar-refractivity contribution in [2.24, 2.45) is 0 Å². The van der Waals surface area contributed by atoms with Crippen molar-refractivity contribution in [3.63, 3.8) is 0 Å². The average molecular weight is 193 g/mol. The lowest BCUT2D eigenvalue weighted by molar-refractivity contribution is 0.276. The van der Waals surface area contributed by atoms with Gasteiger partial charge in [0, 0.05) is 14.2 Å². The zero-order valence-corrected chi connectivity index (χ0v) is 9.36. The van der Waals surface area contributed by atoms with Crippen LogP contribution in [0.4, 0.5) is 0 Å². The summed E-state index contributed by atoms with van der Waals surface area (Å²) >= 11 is 4.29. The van der Waals surface area contributed by atoms with E-state index in [4.69, 9.17) is 8.85 Å². The summed E-state index contributed by atoms with van der Waals surface area (Å²) in [4.78, 5) is 0. The summed E-state index contributed by atoms with van der Waals surface area (Å²) < 4.78 is 10.3. The summed E-state index contributed by atoms with van der Waals surface area (Å²) in [7, 11) is 2.47. The highest BCUT2D eigenvalue weighted by atomic mass is 32.1. The fourth-order valence-corrected chi connectivity index (χ4v) is 2.08. The summed E-state index contributed by atoms with van der Waals surface area (Å²) in [5.41, 5.74) is 0. The quantitative estimate of drug-likeness (QED) is 0.513. The normalized spacial score (nSPS) is 13.9. The lowest BCUT2D eigenvalue weighted by Crippen LogP contribution is -2.18. The van der Waals surface area contributed by atoms with Gasteiger partial charge in [-0.25, -0.2) is 0 Å². The number of thiol groups is 1. The molecule has 0 saturated carbocycles. The van der Waals surface area contributed by atoms with Crippen molar-refractivity contribution in [3.8, 4) is 0 Å². The van der Waals surface area contributed by atoms with Gasteiger partial charge < -0.3 is 8.85 Å². The van der Waals surface area contributed by atoms with E-state index in [1.807, 2.05) is 0 Å². The van der Waals surface area contributed by atoms with E-state index in [9.17, 15) is 0 Å². The number of rotatable bonds is 6. The highest BCUT2D eigenvalue weighted by Crippen LogP contribution is 2.08. The number of hydrogen-bond acceptors (Lipinski definition) is 3. The molecule has 1 unspecified atom stereocenters. The lowest BCUT2D eigenvalue weighted by Gasteiger charge is -2.09. The Hall–Kier alpha value is 0.487. The molecule has 0 spiro atoms. The SMILES string of the molecule is CO[Si](CCCC(C)S)OC. The predicted octanol–water partition coefficient (Wildman–Crippen LogP) is 1.87. The maximum absolute atomic E-state index is 5.14. The maximum Gasteiger partial charge on any atom is 0.384 e. The van der Waals surface area contributed by atoms with Gasteiger partial charge in [0.2, 0.25) is 0 Å². The van der Waals surface area contributed by atoms with Crippen LogP contribution in [0.25, 0.3) is 0 Å². The molecule has 0 aliphatic heterocycles. The van der Waals surface area contributed by atoms with Crippen LogP contribution in [0.5, 0.6) is 0 Å². The fourth-order valence-electron chi connectivity index (χ4n) is 0.829. The van der Waals surface area contributed by atoms with Gasteiger partial charge in [-0.3, -0.25) is 0 Å². The highest BCUT2D eigenvalue weighted by Gasteiger charge is 2.10. The molecule has 67 valence electrons. The standard InChI is InChI=1S/C7H17O2SSi/c1-7(10)5-4-6-11(8-2)9-3/h7,10H,4-6H2,1-3H3. The largest absolute Gasteiger partial charge is 0.397 e. The third-order valence-electron chi connectivity index (χ3n) is 1.46. The van der Waals surface area contributed by atoms with E-state index in [1.165, 1.54) is 0 Å². The van der Waals surface area contributed by atoms with E-state index in [1.54, 1.807) is 14.2 Å². The molecule has 0 aromatic rings. The summed E-state index contributed by atoms with van der Waals surface area (Å²) in [5.74, 6) is 0. The molecule has 4 heteroatoms. The molecule has 0 fully saturated rings. The van der Waals surface area contributed by atoms with E-state index < -0.39 is 9.28 Å². The Labute approximate surface area is 76.5 Å². The molecule has 0 saturated heterocycles. The van der Waals surface area contributed by atoms with E-state index in [-0.39, 0.29) is 0 Å². The van der Waals surface area contributed by atoms with Crippen LogP contribution in [0.15, 0.2) is 0 Å². The van der Waals surface area contributed by atoms with Gasteiger partial charge in [0.1, 0.15) is 0 Å². The summed E-state index contributed by atoms with van der Waals surface area (Å²) in [5, 5.41) is 0.493. The molecule has 0 heterocycles. The third kappa shape index (κ3) is 6.87. The molecular weight excluding hydrogens is 176 g/mol. The first-order chi connectivity index (χ1) is 5.20. The fraction of sp³-hybridized carbons (Fsp3) is 1.00. The van der Waals surface area contributed by atoms with E-state index in [0.717, 1.165) is 18.9 Å². The molecule has 0 aromatic heterocycles. The van der Waals surface area contributed by atoms with Crippen molar-refractivity contribution < 1.29 is 8.85 Å². The Morgan fingerprint density at radius 1 is 1.36 bits per heavy atom. The minimum absolute atomic E-state index is 0.493. The minimum Gasteiger partial charge on any atom is -0.397 e. The van der Waals surface area contributed by atoms with Gasteiger partial charge in [-0.05, 0) is 17.7 Å². The second-order valence-corrected chi connectivity index (χ2v) is 5.46. The van der Waals surface area contributed by atoms with Crippen LogP contribution < -0.4 is 0 Å². The first-order valence-electron chi connectivity index (χ1n) is 3.82.